The van der Waals surface area contributed by atoms with Crippen molar-refractivity contribution in [1.29, 1.82) is 0 Å². The molecule has 20 heavy (non-hydrogen) atoms. The molecule has 1 heterocycles. The van der Waals surface area contributed by atoms with E-state index in [9.17, 15) is 0 Å². The molecule has 2 aromatic rings. The third-order valence-electron chi connectivity index (χ3n) is 3.93. The lowest BCUT2D eigenvalue weighted by molar-refractivity contribution is 0.136. The quantitative estimate of drug-likeness (QED) is 0.939. The van der Waals surface area contributed by atoms with Gasteiger partial charge >= 0.3 is 0 Å². The second-order valence-electron chi connectivity index (χ2n) is 5.21. The highest BCUT2D eigenvalue weighted by Crippen LogP contribution is 2.38. The average Bonchev–Trinajstić information content (AvgIpc) is 2.92. The highest BCUT2D eigenvalue weighted by Gasteiger charge is 2.26. The smallest absolute Gasteiger partial charge is 0.134 e. The van der Waals surface area contributed by atoms with E-state index >= 15 is 0 Å². The summed E-state index contributed by atoms with van der Waals surface area (Å²) >= 11 is 1.79. The van der Waals surface area contributed by atoms with E-state index in [4.69, 9.17) is 15.5 Å². The summed E-state index contributed by atoms with van der Waals surface area (Å²) in [5.74, 6) is 0.428. The van der Waals surface area contributed by atoms with Crippen LogP contribution in [0.25, 0.3) is 0 Å². The van der Waals surface area contributed by atoms with Gasteiger partial charge in [-0.25, -0.2) is 4.98 Å². The summed E-state index contributed by atoms with van der Waals surface area (Å²) in [6, 6.07) is 10.3. The molecule has 3 nitrogen and oxygen atoms in total. The summed E-state index contributed by atoms with van der Waals surface area (Å²) in [7, 11) is 1.75. The maximum absolute atomic E-state index is 5.88. The van der Waals surface area contributed by atoms with E-state index < -0.39 is 0 Å². The zero-order valence-electron chi connectivity index (χ0n) is 11.7. The maximum Gasteiger partial charge on any atom is 0.134 e. The van der Waals surface area contributed by atoms with Gasteiger partial charge in [-0.1, -0.05) is 30.3 Å². The number of ether oxygens (including phenoxy) is 1. The van der Waals surface area contributed by atoms with Crippen LogP contribution >= 0.6 is 11.3 Å². The van der Waals surface area contributed by atoms with Crippen LogP contribution in [0, 0.1) is 0 Å². The summed E-state index contributed by atoms with van der Waals surface area (Å²) in [5, 5.41) is 1.06. The van der Waals surface area contributed by atoms with Crippen molar-refractivity contribution in [1.82, 2.24) is 4.98 Å². The van der Waals surface area contributed by atoms with Crippen molar-refractivity contribution in [3.8, 4) is 0 Å². The van der Waals surface area contributed by atoms with E-state index in [0.717, 1.165) is 23.4 Å². The van der Waals surface area contributed by atoms with Crippen molar-refractivity contribution in [2.45, 2.75) is 31.3 Å². The first kappa shape index (κ1) is 13.7. The number of hydrogen-bond acceptors (Lipinski definition) is 4. The molecule has 1 aliphatic rings. The molecule has 2 atom stereocenters. The van der Waals surface area contributed by atoms with Crippen LogP contribution in [0.4, 0.5) is 0 Å². The van der Waals surface area contributed by atoms with Gasteiger partial charge in [0.25, 0.3) is 0 Å². The normalized spacial score (nSPS) is 19.6. The van der Waals surface area contributed by atoms with Gasteiger partial charge in [-0.05, 0) is 24.8 Å². The Morgan fingerprint density at radius 2 is 2.20 bits per heavy atom. The largest absolute Gasteiger partial charge is 0.370 e. The van der Waals surface area contributed by atoms with Crippen LogP contribution in [0.1, 0.15) is 46.0 Å². The molecule has 1 aromatic heterocycles. The van der Waals surface area contributed by atoms with Crippen LogP contribution in [0.3, 0.4) is 0 Å². The van der Waals surface area contributed by atoms with E-state index in [1.54, 1.807) is 18.4 Å². The van der Waals surface area contributed by atoms with Crippen LogP contribution in [-0.4, -0.2) is 18.6 Å². The molecular weight excluding hydrogens is 268 g/mol. The molecule has 0 spiro atoms. The average molecular weight is 288 g/mol. The molecule has 0 saturated heterocycles. The zero-order chi connectivity index (χ0) is 13.9. The molecule has 2 N–H and O–H groups in total. The first-order chi connectivity index (χ1) is 9.83. The van der Waals surface area contributed by atoms with Crippen LogP contribution in [-0.2, 0) is 11.2 Å². The number of thiazole rings is 1. The minimum Gasteiger partial charge on any atom is -0.370 e. The number of nitrogens with two attached hydrogens (primary N) is 1. The fourth-order valence-electron chi connectivity index (χ4n) is 2.88. The Balaban J connectivity index is 1.96. The molecule has 1 aliphatic carbocycles. The Kier molecular flexibility index (Phi) is 4.15. The molecule has 0 fully saturated rings. The molecule has 0 bridgehead atoms. The highest BCUT2D eigenvalue weighted by atomic mass is 32.1. The van der Waals surface area contributed by atoms with E-state index in [-0.39, 0.29) is 6.10 Å². The van der Waals surface area contributed by atoms with E-state index in [0.29, 0.717) is 12.5 Å². The lowest BCUT2D eigenvalue weighted by atomic mass is 9.91. The standard InChI is InChI=1S/C16H20N2OS/c1-19-15(11-6-3-2-4-7-11)16-18-14-12(10-17)8-5-9-13(14)20-16/h2-4,6-7,12,15H,5,8-10,17H2,1H3. The van der Waals surface area contributed by atoms with Crippen LogP contribution in [0.5, 0.6) is 0 Å². The monoisotopic (exact) mass is 288 g/mol. The van der Waals surface area contributed by atoms with Crippen LogP contribution < -0.4 is 5.73 Å². The lowest BCUT2D eigenvalue weighted by Gasteiger charge is -2.18. The SMILES string of the molecule is COC(c1ccccc1)c1nc2c(s1)CCCC2CN. The fourth-order valence-corrected chi connectivity index (χ4v) is 4.17. The van der Waals surface area contributed by atoms with Gasteiger partial charge in [0.05, 0.1) is 5.69 Å². The molecule has 0 radical (unpaired) electrons. The zero-order valence-corrected chi connectivity index (χ0v) is 12.5. The van der Waals surface area contributed by atoms with Gasteiger partial charge in [-0.15, -0.1) is 11.3 Å². The van der Waals surface area contributed by atoms with Crippen molar-refractivity contribution in [2.75, 3.05) is 13.7 Å². The van der Waals surface area contributed by atoms with Gasteiger partial charge in [0.2, 0.25) is 0 Å². The van der Waals surface area contributed by atoms with Crippen molar-refractivity contribution in [3.05, 3.63) is 51.5 Å². The molecule has 2 unspecified atom stereocenters. The molecule has 0 amide bonds. The number of fused-ring (bicyclic) bond motifs is 1. The number of aryl methyl sites for hydroxylation is 1. The summed E-state index contributed by atoms with van der Waals surface area (Å²) < 4.78 is 5.69. The van der Waals surface area contributed by atoms with Gasteiger partial charge in [-0.2, -0.15) is 0 Å². The third-order valence-corrected chi connectivity index (χ3v) is 5.11. The molecular formula is C16H20N2OS. The predicted molar refractivity (Wildman–Crippen MR) is 82.1 cm³/mol. The number of methoxy groups -OCH3 is 1. The molecule has 3 rings (SSSR count). The summed E-state index contributed by atoms with van der Waals surface area (Å²) in [6.07, 6.45) is 3.45. The van der Waals surface area contributed by atoms with Crippen molar-refractivity contribution < 1.29 is 4.74 Å². The second-order valence-corrected chi connectivity index (χ2v) is 6.33. The molecule has 0 saturated carbocycles. The van der Waals surface area contributed by atoms with Crippen LogP contribution in [0.2, 0.25) is 0 Å². The summed E-state index contributed by atoms with van der Waals surface area (Å²) in [6.45, 7) is 0.694. The van der Waals surface area contributed by atoms with Gasteiger partial charge in [0, 0.05) is 24.4 Å². The molecule has 1 aromatic carbocycles. The van der Waals surface area contributed by atoms with Gasteiger partial charge in [0.15, 0.2) is 0 Å². The van der Waals surface area contributed by atoms with Crippen molar-refractivity contribution >= 4 is 11.3 Å². The number of aromatic nitrogens is 1. The Labute approximate surface area is 123 Å². The van der Waals surface area contributed by atoms with Crippen LogP contribution in [0.15, 0.2) is 30.3 Å². The number of hydrogen-bond donors (Lipinski definition) is 1. The predicted octanol–water partition coefficient (Wildman–Crippen LogP) is 3.26. The van der Waals surface area contributed by atoms with E-state index in [2.05, 4.69) is 12.1 Å². The van der Waals surface area contributed by atoms with E-state index in [1.165, 1.54) is 17.0 Å². The molecule has 0 aliphatic heterocycles. The first-order valence-corrected chi connectivity index (χ1v) is 7.92. The maximum atomic E-state index is 5.88. The number of nitrogens with zero attached hydrogens (tertiary/aromatic N) is 1. The van der Waals surface area contributed by atoms with Gasteiger partial charge in [-0.3, -0.25) is 0 Å². The Morgan fingerprint density at radius 3 is 2.90 bits per heavy atom. The third kappa shape index (κ3) is 2.51. The van der Waals surface area contributed by atoms with Crippen molar-refractivity contribution in [3.63, 3.8) is 0 Å². The highest BCUT2D eigenvalue weighted by molar-refractivity contribution is 7.11. The van der Waals surface area contributed by atoms with Crippen molar-refractivity contribution in [2.24, 2.45) is 5.73 Å². The molecule has 106 valence electrons. The first-order valence-electron chi connectivity index (χ1n) is 7.10. The minimum absolute atomic E-state index is 0.0646. The fraction of sp³-hybridized carbons (Fsp3) is 0.438. The Bertz CT molecular complexity index is 567. The Hall–Kier alpha value is -1.23. The molecule has 4 heteroatoms. The van der Waals surface area contributed by atoms with E-state index in [1.807, 2.05) is 18.2 Å². The summed E-state index contributed by atoms with van der Waals surface area (Å²) in [5.41, 5.74) is 8.26. The number of rotatable bonds is 4. The van der Waals surface area contributed by atoms with Gasteiger partial charge < -0.3 is 10.5 Å². The summed E-state index contributed by atoms with van der Waals surface area (Å²) in [4.78, 5) is 6.27. The number of benzene rings is 1. The minimum atomic E-state index is -0.0646. The topological polar surface area (TPSA) is 48.1 Å². The van der Waals surface area contributed by atoms with Gasteiger partial charge in [0.1, 0.15) is 11.1 Å². The Morgan fingerprint density at radius 1 is 1.40 bits per heavy atom. The second kappa shape index (κ2) is 6.04. The lowest BCUT2D eigenvalue weighted by Crippen LogP contribution is -2.17.